The van der Waals surface area contributed by atoms with Gasteiger partial charge in [-0.1, -0.05) is 49.4 Å². The molecule has 2 heteroatoms. The summed E-state index contributed by atoms with van der Waals surface area (Å²) in [6.07, 6.45) is 1.16. The van der Waals surface area contributed by atoms with E-state index in [0.717, 1.165) is 25.3 Å². The van der Waals surface area contributed by atoms with Crippen molar-refractivity contribution in [3.8, 4) is 5.75 Å². The van der Waals surface area contributed by atoms with E-state index in [1.807, 2.05) is 30.3 Å². The molecule has 0 unspecified atom stereocenters. The van der Waals surface area contributed by atoms with Gasteiger partial charge >= 0.3 is 0 Å². The third-order valence-electron chi connectivity index (χ3n) is 2.93. The minimum absolute atomic E-state index is 0.619. The monoisotopic (exact) mass is 255 g/mol. The predicted octanol–water partition coefficient (Wildman–Crippen LogP) is 3.77. The van der Waals surface area contributed by atoms with E-state index >= 15 is 0 Å². The van der Waals surface area contributed by atoms with Crippen molar-refractivity contribution >= 4 is 0 Å². The van der Waals surface area contributed by atoms with Gasteiger partial charge in [0.15, 0.2) is 0 Å². The van der Waals surface area contributed by atoms with Crippen LogP contribution in [0.15, 0.2) is 54.6 Å². The molecule has 0 aliphatic rings. The first-order valence-electron chi connectivity index (χ1n) is 6.85. The molecule has 100 valence electrons. The van der Waals surface area contributed by atoms with Gasteiger partial charge < -0.3 is 10.1 Å². The van der Waals surface area contributed by atoms with E-state index in [1.54, 1.807) is 0 Å². The molecule has 2 rings (SSSR count). The minimum atomic E-state index is 0.619. The highest BCUT2D eigenvalue weighted by molar-refractivity contribution is 5.27. The van der Waals surface area contributed by atoms with Crippen LogP contribution >= 0.6 is 0 Å². The lowest BCUT2D eigenvalue weighted by Gasteiger charge is -2.08. The van der Waals surface area contributed by atoms with Crippen molar-refractivity contribution in [2.24, 2.45) is 0 Å². The van der Waals surface area contributed by atoms with Crippen molar-refractivity contribution in [3.05, 3.63) is 65.7 Å². The molecule has 19 heavy (non-hydrogen) atoms. The number of nitrogens with one attached hydrogen (secondary N) is 1. The van der Waals surface area contributed by atoms with E-state index in [0.29, 0.717) is 6.61 Å². The van der Waals surface area contributed by atoms with Crippen LogP contribution in [0, 0.1) is 0 Å². The summed E-state index contributed by atoms with van der Waals surface area (Å²) in [6, 6.07) is 18.5. The molecule has 0 bridgehead atoms. The van der Waals surface area contributed by atoms with Crippen LogP contribution in [-0.2, 0) is 13.2 Å². The predicted molar refractivity (Wildman–Crippen MR) is 79.2 cm³/mol. The van der Waals surface area contributed by atoms with Gasteiger partial charge in [0, 0.05) is 6.54 Å². The maximum Gasteiger partial charge on any atom is 0.119 e. The Morgan fingerprint density at radius 3 is 2.32 bits per heavy atom. The van der Waals surface area contributed by atoms with Crippen molar-refractivity contribution in [1.82, 2.24) is 5.32 Å². The molecule has 2 aromatic carbocycles. The van der Waals surface area contributed by atoms with Crippen LogP contribution in [0.3, 0.4) is 0 Å². The Labute approximate surface area is 115 Å². The van der Waals surface area contributed by atoms with Crippen molar-refractivity contribution in [1.29, 1.82) is 0 Å². The van der Waals surface area contributed by atoms with E-state index in [1.165, 1.54) is 11.1 Å². The summed E-state index contributed by atoms with van der Waals surface area (Å²) in [5.41, 5.74) is 2.48. The smallest absolute Gasteiger partial charge is 0.119 e. The Balaban J connectivity index is 1.81. The van der Waals surface area contributed by atoms with Gasteiger partial charge in [0.25, 0.3) is 0 Å². The van der Waals surface area contributed by atoms with Gasteiger partial charge in [0.1, 0.15) is 12.4 Å². The summed E-state index contributed by atoms with van der Waals surface area (Å²) in [4.78, 5) is 0. The Morgan fingerprint density at radius 2 is 1.63 bits per heavy atom. The SMILES string of the molecule is CCCNCc1ccc(OCc2ccccc2)cc1. The molecule has 0 heterocycles. The largest absolute Gasteiger partial charge is 0.489 e. The van der Waals surface area contributed by atoms with Crippen LogP contribution in [0.5, 0.6) is 5.75 Å². The van der Waals surface area contributed by atoms with E-state index in [2.05, 4.69) is 36.5 Å². The van der Waals surface area contributed by atoms with Crippen LogP contribution in [-0.4, -0.2) is 6.54 Å². The van der Waals surface area contributed by atoms with Crippen molar-refractivity contribution in [2.45, 2.75) is 26.5 Å². The van der Waals surface area contributed by atoms with E-state index < -0.39 is 0 Å². The van der Waals surface area contributed by atoms with Gasteiger partial charge in [-0.2, -0.15) is 0 Å². The molecule has 0 saturated heterocycles. The van der Waals surface area contributed by atoms with E-state index in [9.17, 15) is 0 Å². The summed E-state index contributed by atoms with van der Waals surface area (Å²) >= 11 is 0. The second-order valence-electron chi connectivity index (χ2n) is 4.60. The first-order chi connectivity index (χ1) is 9.38. The zero-order valence-electron chi connectivity index (χ0n) is 11.4. The van der Waals surface area contributed by atoms with Crippen LogP contribution < -0.4 is 10.1 Å². The number of benzene rings is 2. The lowest BCUT2D eigenvalue weighted by atomic mass is 10.2. The molecule has 0 amide bonds. The van der Waals surface area contributed by atoms with Gasteiger partial charge in [0.2, 0.25) is 0 Å². The fourth-order valence-corrected chi connectivity index (χ4v) is 1.85. The van der Waals surface area contributed by atoms with Gasteiger partial charge in [-0.05, 0) is 36.2 Å². The lowest BCUT2D eigenvalue weighted by molar-refractivity contribution is 0.306. The molecular weight excluding hydrogens is 234 g/mol. The summed E-state index contributed by atoms with van der Waals surface area (Å²) in [5.74, 6) is 0.920. The second-order valence-corrected chi connectivity index (χ2v) is 4.60. The quantitative estimate of drug-likeness (QED) is 0.760. The standard InChI is InChI=1S/C17H21NO/c1-2-12-18-13-15-8-10-17(11-9-15)19-14-16-6-4-3-5-7-16/h3-11,18H,2,12-14H2,1H3. The first-order valence-corrected chi connectivity index (χ1v) is 6.85. The Morgan fingerprint density at radius 1 is 0.895 bits per heavy atom. The number of ether oxygens (including phenoxy) is 1. The summed E-state index contributed by atoms with van der Waals surface area (Å²) in [5, 5.41) is 3.39. The second kappa shape index (κ2) is 7.59. The van der Waals surface area contributed by atoms with E-state index in [4.69, 9.17) is 4.74 Å². The molecule has 2 nitrogen and oxygen atoms in total. The Hall–Kier alpha value is -1.80. The number of hydrogen-bond donors (Lipinski definition) is 1. The summed E-state index contributed by atoms with van der Waals surface area (Å²) in [6.45, 7) is 4.78. The average Bonchev–Trinajstić information content (AvgIpc) is 2.48. The molecule has 0 aliphatic carbocycles. The molecule has 0 aromatic heterocycles. The highest BCUT2D eigenvalue weighted by atomic mass is 16.5. The van der Waals surface area contributed by atoms with Gasteiger partial charge in [-0.25, -0.2) is 0 Å². The topological polar surface area (TPSA) is 21.3 Å². The highest BCUT2D eigenvalue weighted by Gasteiger charge is 1.96. The third kappa shape index (κ3) is 4.76. The maximum absolute atomic E-state index is 5.75. The molecule has 0 saturated carbocycles. The van der Waals surface area contributed by atoms with Crippen molar-refractivity contribution in [2.75, 3.05) is 6.54 Å². The zero-order valence-corrected chi connectivity index (χ0v) is 11.4. The normalized spacial score (nSPS) is 10.4. The number of hydrogen-bond acceptors (Lipinski definition) is 2. The molecular formula is C17H21NO. The Kier molecular flexibility index (Phi) is 5.45. The van der Waals surface area contributed by atoms with Gasteiger partial charge in [0.05, 0.1) is 0 Å². The zero-order chi connectivity index (χ0) is 13.3. The lowest BCUT2D eigenvalue weighted by Crippen LogP contribution is -2.13. The third-order valence-corrected chi connectivity index (χ3v) is 2.93. The Bertz CT molecular complexity index is 464. The fourth-order valence-electron chi connectivity index (χ4n) is 1.85. The average molecular weight is 255 g/mol. The molecule has 1 N–H and O–H groups in total. The van der Waals surface area contributed by atoms with Gasteiger partial charge in [-0.3, -0.25) is 0 Å². The summed E-state index contributed by atoms with van der Waals surface area (Å²) < 4.78 is 5.75. The van der Waals surface area contributed by atoms with Crippen molar-refractivity contribution < 1.29 is 4.74 Å². The fraction of sp³-hybridized carbons (Fsp3) is 0.294. The molecule has 0 radical (unpaired) electrons. The molecule has 0 atom stereocenters. The minimum Gasteiger partial charge on any atom is -0.489 e. The van der Waals surface area contributed by atoms with Crippen LogP contribution in [0.2, 0.25) is 0 Å². The molecule has 2 aromatic rings. The van der Waals surface area contributed by atoms with Crippen LogP contribution in [0.4, 0.5) is 0 Å². The van der Waals surface area contributed by atoms with E-state index in [-0.39, 0.29) is 0 Å². The number of rotatable bonds is 7. The molecule has 0 spiro atoms. The van der Waals surface area contributed by atoms with Crippen LogP contribution in [0.25, 0.3) is 0 Å². The first kappa shape index (κ1) is 13.6. The highest BCUT2D eigenvalue weighted by Crippen LogP contribution is 2.14. The molecule has 0 aliphatic heterocycles. The molecule has 0 fully saturated rings. The van der Waals surface area contributed by atoms with Crippen LogP contribution in [0.1, 0.15) is 24.5 Å². The van der Waals surface area contributed by atoms with Gasteiger partial charge in [-0.15, -0.1) is 0 Å². The van der Waals surface area contributed by atoms with Crippen molar-refractivity contribution in [3.63, 3.8) is 0 Å². The summed E-state index contributed by atoms with van der Waals surface area (Å²) in [7, 11) is 0. The maximum atomic E-state index is 5.75.